The molecule has 56 heavy (non-hydrogen) atoms. The molecule has 2 saturated carbocycles. The van der Waals surface area contributed by atoms with Crippen molar-refractivity contribution in [2.24, 2.45) is 11.8 Å². The highest BCUT2D eigenvalue weighted by atomic mass is 32.2. The molecule has 6 rings (SSSR count). The standard InChI is InChI=1S/C21H27NO6S.C21H27NO4S/c1-14-6-8-17(9-7-14)21-22-19(15(2)28-21)11-27-18-5-3-4-16(10-18)12-29(25,26)13-20(23)24;1-14-6-8-17(9-7-14)21-22-19(15(2)26-21)11-25-18-5-3-4-16(10-18)12-27-13-20(23)24/h6-9,16,18H,3-5,10-13H2,1-2H3,(H,23,24);6-9,16,18H,3-5,10-13H2,1-2H3,(H,23,24). The molecule has 0 amide bonds. The van der Waals surface area contributed by atoms with Crippen LogP contribution < -0.4 is 0 Å². The second-order valence-electron chi connectivity index (χ2n) is 15.1. The lowest BCUT2D eigenvalue weighted by Crippen LogP contribution is -2.29. The zero-order valence-corrected chi connectivity index (χ0v) is 34.3. The van der Waals surface area contributed by atoms with Gasteiger partial charge in [-0.2, -0.15) is 0 Å². The molecule has 2 aromatic carbocycles. The average Bonchev–Trinajstić information content (AvgIpc) is 3.71. The molecule has 4 aromatic rings. The van der Waals surface area contributed by atoms with Crippen LogP contribution in [0.5, 0.6) is 0 Å². The maximum atomic E-state index is 12.0. The molecule has 2 N–H and O–H groups in total. The van der Waals surface area contributed by atoms with Gasteiger partial charge in [0.05, 0.1) is 36.9 Å². The largest absolute Gasteiger partial charge is 0.481 e. The Morgan fingerprint density at radius 1 is 0.714 bits per heavy atom. The van der Waals surface area contributed by atoms with Crippen LogP contribution in [0.4, 0.5) is 0 Å². The van der Waals surface area contributed by atoms with Gasteiger partial charge in [-0.1, -0.05) is 48.2 Å². The first kappa shape index (κ1) is 43.1. The highest BCUT2D eigenvalue weighted by molar-refractivity contribution is 7.99. The van der Waals surface area contributed by atoms with E-state index in [9.17, 15) is 18.0 Å². The van der Waals surface area contributed by atoms with E-state index in [4.69, 9.17) is 28.5 Å². The number of sulfone groups is 1. The van der Waals surface area contributed by atoms with Gasteiger partial charge < -0.3 is 28.5 Å². The molecule has 2 aliphatic rings. The van der Waals surface area contributed by atoms with Crippen molar-refractivity contribution in [3.05, 3.63) is 82.6 Å². The molecule has 0 saturated heterocycles. The molecule has 0 spiro atoms. The number of ether oxygens (including phenoxy) is 2. The molecule has 0 bridgehead atoms. The van der Waals surface area contributed by atoms with Crippen molar-refractivity contribution in [1.29, 1.82) is 0 Å². The SMILES string of the molecule is Cc1ccc(-c2nc(COC3CCCC(CS(=O)(=O)CC(=O)O)C3)c(C)o2)cc1.Cc1ccc(-c2nc(COC3CCCC(CSCC(=O)O)C3)c(C)o2)cc1. The first-order chi connectivity index (χ1) is 26.7. The van der Waals surface area contributed by atoms with Crippen LogP contribution in [0.3, 0.4) is 0 Å². The van der Waals surface area contributed by atoms with Gasteiger partial charge in [0.1, 0.15) is 28.7 Å². The first-order valence-electron chi connectivity index (χ1n) is 19.2. The Labute approximate surface area is 333 Å². The van der Waals surface area contributed by atoms with Crippen molar-refractivity contribution >= 4 is 33.5 Å². The van der Waals surface area contributed by atoms with Crippen LogP contribution in [0.25, 0.3) is 22.9 Å². The summed E-state index contributed by atoms with van der Waals surface area (Å²) in [6.07, 6.45) is 7.61. The highest BCUT2D eigenvalue weighted by Gasteiger charge is 2.29. The Kier molecular flexibility index (Phi) is 15.8. The molecule has 304 valence electrons. The summed E-state index contributed by atoms with van der Waals surface area (Å²) >= 11 is 1.51. The minimum Gasteiger partial charge on any atom is -0.481 e. The number of oxazole rings is 2. The molecule has 0 radical (unpaired) electrons. The molecule has 2 fully saturated rings. The topological polar surface area (TPSA) is 179 Å². The molecule has 4 atom stereocenters. The zero-order valence-electron chi connectivity index (χ0n) is 32.7. The summed E-state index contributed by atoms with van der Waals surface area (Å²) in [5, 5.41) is 17.5. The number of nitrogens with zero attached hydrogens (tertiary/aromatic N) is 2. The summed E-state index contributed by atoms with van der Waals surface area (Å²) in [5.41, 5.74) is 5.85. The summed E-state index contributed by atoms with van der Waals surface area (Å²) in [5.74, 6) is 1.29. The Morgan fingerprint density at radius 3 is 1.64 bits per heavy atom. The fraction of sp³-hybridized carbons (Fsp3) is 0.524. The van der Waals surface area contributed by atoms with Crippen molar-refractivity contribution < 1.29 is 46.5 Å². The third-order valence-electron chi connectivity index (χ3n) is 10.2. The van der Waals surface area contributed by atoms with E-state index in [1.807, 2.05) is 57.2 Å². The molecule has 0 aliphatic heterocycles. The summed E-state index contributed by atoms with van der Waals surface area (Å²) in [7, 11) is -3.59. The number of aromatic nitrogens is 2. The molecule has 2 aromatic heterocycles. The van der Waals surface area contributed by atoms with Crippen LogP contribution in [0.15, 0.2) is 57.4 Å². The number of rotatable bonds is 16. The Balaban J connectivity index is 0.000000215. The minimum absolute atomic E-state index is 0.0623. The van der Waals surface area contributed by atoms with Crippen LogP contribution >= 0.6 is 11.8 Å². The number of hydrogen-bond acceptors (Lipinski definition) is 11. The second-order valence-corrected chi connectivity index (χ2v) is 18.2. The van der Waals surface area contributed by atoms with E-state index < -0.39 is 27.5 Å². The van der Waals surface area contributed by atoms with E-state index in [-0.39, 0.29) is 29.6 Å². The van der Waals surface area contributed by atoms with E-state index in [2.05, 4.69) is 29.0 Å². The van der Waals surface area contributed by atoms with Gasteiger partial charge in [0.2, 0.25) is 11.8 Å². The molecular weight excluding hydrogens is 757 g/mol. The van der Waals surface area contributed by atoms with Crippen molar-refractivity contribution in [3.63, 3.8) is 0 Å². The van der Waals surface area contributed by atoms with E-state index in [1.165, 1.54) is 17.3 Å². The number of carbonyl (C=O) groups is 2. The Morgan fingerprint density at radius 2 is 1.18 bits per heavy atom. The lowest BCUT2D eigenvalue weighted by molar-refractivity contribution is -0.135. The molecule has 2 heterocycles. The van der Waals surface area contributed by atoms with Gasteiger partial charge in [-0.05, 0) is 108 Å². The Hall–Kier alpha value is -3.98. The minimum atomic E-state index is -3.59. The highest BCUT2D eigenvalue weighted by Crippen LogP contribution is 2.32. The van der Waals surface area contributed by atoms with Gasteiger partial charge in [-0.15, -0.1) is 11.8 Å². The summed E-state index contributed by atoms with van der Waals surface area (Å²) in [6.45, 7) is 8.62. The van der Waals surface area contributed by atoms with Gasteiger partial charge in [0.15, 0.2) is 9.84 Å². The van der Waals surface area contributed by atoms with Crippen LogP contribution in [-0.2, 0) is 42.1 Å². The van der Waals surface area contributed by atoms with E-state index in [0.717, 1.165) is 84.5 Å². The van der Waals surface area contributed by atoms with Gasteiger partial charge >= 0.3 is 11.9 Å². The lowest BCUT2D eigenvalue weighted by Gasteiger charge is -2.28. The summed E-state index contributed by atoms with van der Waals surface area (Å²) in [6, 6.07) is 16.1. The number of thioether (sulfide) groups is 1. The van der Waals surface area contributed by atoms with Gasteiger partial charge in [-0.3, -0.25) is 9.59 Å². The number of aliphatic carboxylic acids is 2. The molecule has 12 nitrogen and oxygen atoms in total. The van der Waals surface area contributed by atoms with Crippen molar-refractivity contribution in [3.8, 4) is 22.9 Å². The molecule has 4 unspecified atom stereocenters. The average molecular weight is 811 g/mol. The van der Waals surface area contributed by atoms with E-state index in [0.29, 0.717) is 43.1 Å². The number of carboxylic acids is 2. The number of hydrogen-bond donors (Lipinski definition) is 2. The number of aryl methyl sites for hydroxylation is 4. The molecular formula is C42H54N2O10S2. The zero-order chi connectivity index (χ0) is 40.2. The van der Waals surface area contributed by atoms with Crippen LogP contribution in [-0.4, -0.2) is 75.8 Å². The van der Waals surface area contributed by atoms with Crippen LogP contribution in [0.1, 0.15) is 85.4 Å². The van der Waals surface area contributed by atoms with E-state index >= 15 is 0 Å². The van der Waals surface area contributed by atoms with Gasteiger partial charge in [0.25, 0.3) is 0 Å². The molecule has 14 heteroatoms. The maximum absolute atomic E-state index is 12.0. The van der Waals surface area contributed by atoms with Gasteiger partial charge in [0, 0.05) is 11.1 Å². The van der Waals surface area contributed by atoms with Crippen molar-refractivity contribution in [1.82, 2.24) is 9.97 Å². The number of benzene rings is 2. The summed E-state index contributed by atoms with van der Waals surface area (Å²) < 4.78 is 47.7. The lowest BCUT2D eigenvalue weighted by atomic mass is 9.88. The fourth-order valence-corrected chi connectivity index (χ4v) is 9.61. The van der Waals surface area contributed by atoms with Gasteiger partial charge in [-0.25, -0.2) is 18.4 Å². The predicted octanol–water partition coefficient (Wildman–Crippen LogP) is 8.38. The first-order valence-corrected chi connectivity index (χ1v) is 22.2. The fourth-order valence-electron chi connectivity index (χ4n) is 7.16. The Bertz CT molecular complexity index is 1990. The van der Waals surface area contributed by atoms with Crippen LogP contribution in [0.2, 0.25) is 0 Å². The predicted molar refractivity (Wildman–Crippen MR) is 215 cm³/mol. The smallest absolute Gasteiger partial charge is 0.318 e. The maximum Gasteiger partial charge on any atom is 0.318 e. The monoisotopic (exact) mass is 810 g/mol. The van der Waals surface area contributed by atoms with Crippen molar-refractivity contribution in [2.45, 2.75) is 104 Å². The van der Waals surface area contributed by atoms with E-state index in [1.54, 1.807) is 0 Å². The van der Waals surface area contributed by atoms with Crippen LogP contribution in [0, 0.1) is 39.5 Å². The van der Waals surface area contributed by atoms with Crippen molar-refractivity contribution in [2.75, 3.05) is 23.0 Å². The number of carboxylic acid groups (broad SMARTS) is 2. The third-order valence-corrected chi connectivity index (χ3v) is 13.0. The summed E-state index contributed by atoms with van der Waals surface area (Å²) in [4.78, 5) is 30.5. The molecule has 2 aliphatic carbocycles. The quantitative estimate of drug-likeness (QED) is 0.110. The third kappa shape index (κ3) is 13.6. The second kappa shape index (κ2) is 20.4. The normalized spacial score (nSPS) is 19.9.